The number of nitrogens with one attached hydrogen (secondary N) is 1. The fourth-order valence-electron chi connectivity index (χ4n) is 2.68. The van der Waals surface area contributed by atoms with Crippen molar-refractivity contribution in [3.63, 3.8) is 0 Å². The fraction of sp³-hybridized carbons (Fsp3) is 0.316. The molecule has 1 saturated carbocycles. The summed E-state index contributed by atoms with van der Waals surface area (Å²) < 4.78 is 11.4. The molecule has 0 unspecified atom stereocenters. The highest BCUT2D eigenvalue weighted by Gasteiger charge is 2.36. The molecule has 0 saturated heterocycles. The van der Waals surface area contributed by atoms with Crippen molar-refractivity contribution in [2.75, 3.05) is 19.0 Å². The van der Waals surface area contributed by atoms with Crippen LogP contribution in [0.25, 0.3) is 0 Å². The molecule has 1 fully saturated rings. The van der Waals surface area contributed by atoms with E-state index in [0.717, 1.165) is 30.0 Å². The van der Waals surface area contributed by atoms with Crippen molar-refractivity contribution >= 4 is 35.6 Å². The van der Waals surface area contributed by atoms with Gasteiger partial charge in [0.05, 0.1) is 12.1 Å². The Morgan fingerprint density at radius 2 is 1.84 bits per heavy atom. The molecular formula is C19H24IN3O2. The SMILES string of the molecule is COC1(CN=C(N)Nc2cccc(Oc3ccccc3)c2)CCC1.I. The summed E-state index contributed by atoms with van der Waals surface area (Å²) >= 11 is 0. The number of ether oxygens (including phenoxy) is 2. The van der Waals surface area contributed by atoms with E-state index >= 15 is 0 Å². The third-order valence-electron chi connectivity index (χ3n) is 4.32. The highest BCUT2D eigenvalue weighted by atomic mass is 127. The Hall–Kier alpha value is -1.80. The molecule has 0 aliphatic heterocycles. The van der Waals surface area contributed by atoms with Crippen molar-refractivity contribution in [1.29, 1.82) is 0 Å². The number of nitrogens with zero attached hydrogens (tertiary/aromatic N) is 1. The van der Waals surface area contributed by atoms with Crippen LogP contribution in [0.5, 0.6) is 11.5 Å². The maximum atomic E-state index is 5.99. The second kappa shape index (κ2) is 9.05. The van der Waals surface area contributed by atoms with Gasteiger partial charge in [0.1, 0.15) is 11.5 Å². The lowest BCUT2D eigenvalue weighted by Gasteiger charge is -2.39. The van der Waals surface area contributed by atoms with E-state index in [-0.39, 0.29) is 29.6 Å². The minimum atomic E-state index is -0.120. The van der Waals surface area contributed by atoms with Crippen LogP contribution in [-0.4, -0.2) is 25.2 Å². The number of benzene rings is 2. The summed E-state index contributed by atoms with van der Waals surface area (Å²) in [6.45, 7) is 0.586. The Bertz CT molecular complexity index is 697. The quantitative estimate of drug-likeness (QED) is 0.387. The first-order chi connectivity index (χ1) is 11.7. The van der Waals surface area contributed by atoms with E-state index in [1.165, 1.54) is 6.42 Å². The predicted molar refractivity (Wildman–Crippen MR) is 112 cm³/mol. The first-order valence-corrected chi connectivity index (χ1v) is 8.14. The Balaban J connectivity index is 0.00000225. The first-order valence-electron chi connectivity index (χ1n) is 8.14. The van der Waals surface area contributed by atoms with Crippen molar-refractivity contribution in [3.05, 3.63) is 54.6 Å². The monoisotopic (exact) mass is 453 g/mol. The van der Waals surface area contributed by atoms with Gasteiger partial charge in [0, 0.05) is 18.9 Å². The smallest absolute Gasteiger partial charge is 0.193 e. The van der Waals surface area contributed by atoms with Crippen LogP contribution < -0.4 is 15.8 Å². The van der Waals surface area contributed by atoms with Gasteiger partial charge in [-0.1, -0.05) is 24.3 Å². The summed E-state index contributed by atoms with van der Waals surface area (Å²) in [6.07, 6.45) is 3.27. The second-order valence-electron chi connectivity index (χ2n) is 6.01. The predicted octanol–water partition coefficient (Wildman–Crippen LogP) is 4.39. The van der Waals surface area contributed by atoms with Gasteiger partial charge in [0.15, 0.2) is 5.96 Å². The number of hydrogen-bond acceptors (Lipinski definition) is 3. The third-order valence-corrected chi connectivity index (χ3v) is 4.32. The molecule has 134 valence electrons. The van der Waals surface area contributed by atoms with Gasteiger partial charge >= 0.3 is 0 Å². The molecule has 1 aliphatic carbocycles. The number of methoxy groups -OCH3 is 1. The van der Waals surface area contributed by atoms with Crippen LogP contribution in [0.4, 0.5) is 5.69 Å². The number of anilines is 1. The average Bonchev–Trinajstić information content (AvgIpc) is 2.55. The lowest BCUT2D eigenvalue weighted by atomic mass is 9.80. The molecule has 0 spiro atoms. The number of rotatable bonds is 6. The van der Waals surface area contributed by atoms with Crippen LogP contribution in [0.3, 0.4) is 0 Å². The van der Waals surface area contributed by atoms with E-state index in [1.807, 2.05) is 54.6 Å². The summed E-state index contributed by atoms with van der Waals surface area (Å²) in [6, 6.07) is 17.3. The minimum Gasteiger partial charge on any atom is -0.457 e. The molecule has 25 heavy (non-hydrogen) atoms. The maximum absolute atomic E-state index is 5.99. The molecule has 2 aromatic rings. The summed E-state index contributed by atoms with van der Waals surface area (Å²) in [7, 11) is 1.74. The van der Waals surface area contributed by atoms with Crippen molar-refractivity contribution in [2.45, 2.75) is 24.9 Å². The van der Waals surface area contributed by atoms with Crippen LogP contribution in [-0.2, 0) is 4.74 Å². The first kappa shape index (κ1) is 19.5. The van der Waals surface area contributed by atoms with Gasteiger partial charge < -0.3 is 20.5 Å². The van der Waals surface area contributed by atoms with Gasteiger partial charge in [-0.25, -0.2) is 0 Å². The summed E-state index contributed by atoms with van der Waals surface area (Å²) in [5, 5.41) is 3.11. The van der Waals surface area contributed by atoms with Gasteiger partial charge in [-0.3, -0.25) is 4.99 Å². The molecular weight excluding hydrogens is 429 g/mol. The number of guanidine groups is 1. The molecule has 0 atom stereocenters. The Kier molecular flexibility index (Phi) is 7.07. The molecule has 1 aliphatic rings. The zero-order valence-electron chi connectivity index (χ0n) is 14.3. The summed E-state index contributed by atoms with van der Waals surface area (Å²) in [5.74, 6) is 1.92. The van der Waals surface area contributed by atoms with E-state index in [9.17, 15) is 0 Å². The zero-order valence-corrected chi connectivity index (χ0v) is 16.6. The van der Waals surface area contributed by atoms with E-state index in [0.29, 0.717) is 12.5 Å². The molecule has 0 aromatic heterocycles. The Morgan fingerprint density at radius 1 is 1.12 bits per heavy atom. The molecule has 6 heteroatoms. The zero-order chi connectivity index (χ0) is 16.8. The fourth-order valence-corrected chi connectivity index (χ4v) is 2.68. The lowest BCUT2D eigenvalue weighted by Crippen LogP contribution is -2.43. The third kappa shape index (κ3) is 5.34. The molecule has 0 amide bonds. The number of halogens is 1. The molecule has 0 bridgehead atoms. The molecule has 3 rings (SSSR count). The second-order valence-corrected chi connectivity index (χ2v) is 6.01. The van der Waals surface area contributed by atoms with Crippen LogP contribution in [0.1, 0.15) is 19.3 Å². The van der Waals surface area contributed by atoms with Crippen LogP contribution >= 0.6 is 24.0 Å². The van der Waals surface area contributed by atoms with Crippen molar-refractivity contribution in [2.24, 2.45) is 10.7 Å². The van der Waals surface area contributed by atoms with Crippen molar-refractivity contribution in [3.8, 4) is 11.5 Å². The standard InChI is InChI=1S/C19H23N3O2.HI/c1-23-19(11-6-12-19)14-21-18(20)22-15-7-5-10-17(13-15)24-16-8-3-2-4-9-16;/h2-5,7-10,13H,6,11-12,14H2,1H3,(H3,20,21,22);1H. The van der Waals surface area contributed by atoms with Crippen LogP contribution in [0.15, 0.2) is 59.6 Å². The average molecular weight is 453 g/mol. The van der Waals surface area contributed by atoms with Crippen molar-refractivity contribution in [1.82, 2.24) is 0 Å². The molecule has 2 aromatic carbocycles. The maximum Gasteiger partial charge on any atom is 0.193 e. The number of aliphatic imine (C=N–C) groups is 1. The highest BCUT2D eigenvalue weighted by Crippen LogP contribution is 2.35. The van der Waals surface area contributed by atoms with E-state index in [4.69, 9.17) is 15.2 Å². The van der Waals surface area contributed by atoms with Gasteiger partial charge in [-0.05, 0) is 43.5 Å². The topological polar surface area (TPSA) is 68.9 Å². The van der Waals surface area contributed by atoms with Gasteiger partial charge in [-0.2, -0.15) is 0 Å². The Labute approximate surface area is 165 Å². The molecule has 3 N–H and O–H groups in total. The highest BCUT2D eigenvalue weighted by molar-refractivity contribution is 14.0. The number of para-hydroxylation sites is 1. The largest absolute Gasteiger partial charge is 0.457 e. The van der Waals surface area contributed by atoms with Crippen molar-refractivity contribution < 1.29 is 9.47 Å². The number of hydrogen-bond donors (Lipinski definition) is 2. The normalized spacial score (nSPS) is 15.6. The minimum absolute atomic E-state index is 0. The summed E-state index contributed by atoms with van der Waals surface area (Å²) in [4.78, 5) is 4.42. The molecule has 0 heterocycles. The Morgan fingerprint density at radius 3 is 2.48 bits per heavy atom. The summed E-state index contributed by atoms with van der Waals surface area (Å²) in [5.41, 5.74) is 6.71. The molecule has 0 radical (unpaired) electrons. The lowest BCUT2D eigenvalue weighted by molar-refractivity contribution is -0.0629. The van der Waals surface area contributed by atoms with Gasteiger partial charge in [0.2, 0.25) is 0 Å². The van der Waals surface area contributed by atoms with Gasteiger partial charge in [0.25, 0.3) is 0 Å². The van der Waals surface area contributed by atoms with E-state index in [1.54, 1.807) is 7.11 Å². The van der Waals surface area contributed by atoms with E-state index in [2.05, 4.69) is 10.3 Å². The van der Waals surface area contributed by atoms with Crippen LogP contribution in [0.2, 0.25) is 0 Å². The van der Waals surface area contributed by atoms with Gasteiger partial charge in [-0.15, -0.1) is 24.0 Å². The number of nitrogens with two attached hydrogens (primary N) is 1. The molecule has 5 nitrogen and oxygen atoms in total. The van der Waals surface area contributed by atoms with E-state index < -0.39 is 0 Å². The van der Waals surface area contributed by atoms with Crippen LogP contribution in [0, 0.1) is 0 Å².